The summed E-state index contributed by atoms with van der Waals surface area (Å²) < 4.78 is 25.0. The monoisotopic (exact) mass is 295 g/mol. The molecular weight excluding hydrogens is 270 g/mol. The fourth-order valence-corrected chi connectivity index (χ4v) is 4.60. The van der Waals surface area contributed by atoms with Crippen LogP contribution in [0.4, 0.5) is 0 Å². The molecule has 1 saturated heterocycles. The van der Waals surface area contributed by atoms with Gasteiger partial charge < -0.3 is 0 Å². The number of rotatable bonds is 4. The van der Waals surface area contributed by atoms with Crippen molar-refractivity contribution >= 4 is 9.84 Å². The third-order valence-corrected chi connectivity index (χ3v) is 6.17. The van der Waals surface area contributed by atoms with E-state index in [9.17, 15) is 8.42 Å². The van der Waals surface area contributed by atoms with Crippen LogP contribution < -0.4 is 0 Å². The molecule has 0 radical (unpaired) electrons. The molecule has 112 valence electrons. The number of aryl methyl sites for hydroxylation is 1. The molecule has 0 bridgehead atoms. The molecule has 0 aliphatic carbocycles. The highest BCUT2D eigenvalue weighted by Gasteiger charge is 2.27. The zero-order valence-corrected chi connectivity index (χ0v) is 13.5. The topological polar surface area (TPSA) is 37.4 Å². The molecule has 1 aliphatic heterocycles. The second-order valence-electron chi connectivity index (χ2n) is 6.03. The maximum atomic E-state index is 12.5. The summed E-state index contributed by atoms with van der Waals surface area (Å²) in [5.74, 6) is 0.209. The molecule has 2 unspecified atom stereocenters. The average molecular weight is 295 g/mol. The lowest BCUT2D eigenvalue weighted by molar-refractivity contribution is 0.125. The van der Waals surface area contributed by atoms with Gasteiger partial charge in [-0.2, -0.15) is 0 Å². The minimum absolute atomic E-state index is 0.0802. The summed E-state index contributed by atoms with van der Waals surface area (Å²) in [6.07, 6.45) is 3.61. The molecule has 0 spiro atoms. The van der Waals surface area contributed by atoms with E-state index >= 15 is 0 Å². The molecule has 20 heavy (non-hydrogen) atoms. The van der Waals surface area contributed by atoms with Crippen molar-refractivity contribution < 1.29 is 8.42 Å². The number of hydrogen-bond acceptors (Lipinski definition) is 3. The van der Waals surface area contributed by atoms with E-state index in [1.54, 1.807) is 12.1 Å². The third-order valence-electron chi connectivity index (χ3n) is 4.26. The largest absolute Gasteiger partial charge is 0.297 e. The van der Waals surface area contributed by atoms with E-state index in [0.29, 0.717) is 10.9 Å². The molecule has 1 aromatic carbocycles. The van der Waals surface area contributed by atoms with Crippen LogP contribution in [-0.4, -0.2) is 37.7 Å². The highest BCUT2D eigenvalue weighted by atomic mass is 32.2. The van der Waals surface area contributed by atoms with E-state index < -0.39 is 9.84 Å². The Labute approximate surface area is 122 Å². The van der Waals surface area contributed by atoms with Gasteiger partial charge in [0, 0.05) is 12.1 Å². The van der Waals surface area contributed by atoms with Crippen molar-refractivity contribution in [3.63, 3.8) is 0 Å². The summed E-state index contributed by atoms with van der Waals surface area (Å²) in [7, 11) is -3.19. The normalized spacial score (nSPS) is 22.6. The molecule has 0 N–H and O–H groups in total. The number of piperidine rings is 1. The standard InChI is InChI=1S/C16H25NO2S/c1-13-7-9-16(10-8-13)20(18,19)12-15(3)17-11-5-4-6-14(17)2/h7-10,14-15H,4-6,11-12H2,1-3H3. The Balaban J connectivity index is 2.09. The second-order valence-corrected chi connectivity index (χ2v) is 8.06. The van der Waals surface area contributed by atoms with Gasteiger partial charge >= 0.3 is 0 Å². The summed E-state index contributed by atoms with van der Waals surface area (Å²) in [4.78, 5) is 2.79. The van der Waals surface area contributed by atoms with Crippen LogP contribution in [0.25, 0.3) is 0 Å². The molecule has 0 amide bonds. The summed E-state index contributed by atoms with van der Waals surface area (Å²) >= 11 is 0. The molecule has 0 aromatic heterocycles. The van der Waals surface area contributed by atoms with Crippen molar-refractivity contribution in [2.45, 2.75) is 57.0 Å². The SMILES string of the molecule is Cc1ccc(S(=O)(=O)CC(C)N2CCCCC2C)cc1. The fraction of sp³-hybridized carbons (Fsp3) is 0.625. The lowest BCUT2D eigenvalue weighted by atomic mass is 10.0. The lowest BCUT2D eigenvalue weighted by Crippen LogP contribution is -2.46. The number of nitrogens with zero attached hydrogens (tertiary/aromatic N) is 1. The van der Waals surface area contributed by atoms with Crippen LogP contribution in [0.5, 0.6) is 0 Å². The van der Waals surface area contributed by atoms with Crippen molar-refractivity contribution in [3.8, 4) is 0 Å². The molecule has 4 heteroatoms. The van der Waals surface area contributed by atoms with E-state index in [-0.39, 0.29) is 11.8 Å². The van der Waals surface area contributed by atoms with Crippen molar-refractivity contribution in [2.75, 3.05) is 12.3 Å². The Morgan fingerprint density at radius 3 is 2.50 bits per heavy atom. The highest BCUT2D eigenvalue weighted by Crippen LogP contribution is 2.21. The number of hydrogen-bond donors (Lipinski definition) is 0. The van der Waals surface area contributed by atoms with Crippen molar-refractivity contribution in [1.82, 2.24) is 4.90 Å². The molecule has 0 saturated carbocycles. The summed E-state index contributed by atoms with van der Waals surface area (Å²) in [6, 6.07) is 7.74. The maximum Gasteiger partial charge on any atom is 0.179 e. The minimum atomic E-state index is -3.19. The van der Waals surface area contributed by atoms with Crippen molar-refractivity contribution in [1.29, 1.82) is 0 Å². The number of benzene rings is 1. The summed E-state index contributed by atoms with van der Waals surface area (Å²) in [6.45, 7) is 7.22. The molecule has 1 aliphatic rings. The van der Waals surface area contributed by atoms with Crippen LogP contribution in [0, 0.1) is 6.92 Å². The van der Waals surface area contributed by atoms with Gasteiger partial charge in [0.25, 0.3) is 0 Å². The molecule has 1 fully saturated rings. The van der Waals surface area contributed by atoms with Crippen LogP contribution >= 0.6 is 0 Å². The van der Waals surface area contributed by atoms with Crippen LogP contribution in [0.15, 0.2) is 29.2 Å². The van der Waals surface area contributed by atoms with Crippen LogP contribution in [0.1, 0.15) is 38.7 Å². The second kappa shape index (κ2) is 6.27. The van der Waals surface area contributed by atoms with Gasteiger partial charge in [-0.15, -0.1) is 0 Å². The zero-order chi connectivity index (χ0) is 14.8. The van der Waals surface area contributed by atoms with Crippen LogP contribution in [0.3, 0.4) is 0 Å². The van der Waals surface area contributed by atoms with Gasteiger partial charge in [-0.3, -0.25) is 4.90 Å². The molecule has 1 heterocycles. The van der Waals surface area contributed by atoms with E-state index in [2.05, 4.69) is 11.8 Å². The minimum Gasteiger partial charge on any atom is -0.297 e. The van der Waals surface area contributed by atoms with E-state index in [1.165, 1.54) is 19.3 Å². The Morgan fingerprint density at radius 1 is 1.25 bits per heavy atom. The molecular formula is C16H25NO2S. The van der Waals surface area contributed by atoms with Gasteiger partial charge in [0.05, 0.1) is 10.6 Å². The first kappa shape index (κ1) is 15.5. The van der Waals surface area contributed by atoms with E-state index in [1.807, 2.05) is 26.0 Å². The fourth-order valence-electron chi connectivity index (χ4n) is 3.03. The lowest BCUT2D eigenvalue weighted by Gasteiger charge is -2.37. The Morgan fingerprint density at radius 2 is 1.90 bits per heavy atom. The van der Waals surface area contributed by atoms with Gasteiger partial charge in [0.1, 0.15) is 0 Å². The highest BCUT2D eigenvalue weighted by molar-refractivity contribution is 7.91. The third kappa shape index (κ3) is 3.61. The Bertz CT molecular complexity index is 536. The quantitative estimate of drug-likeness (QED) is 0.857. The average Bonchev–Trinajstić information content (AvgIpc) is 2.39. The van der Waals surface area contributed by atoms with Crippen molar-refractivity contribution in [3.05, 3.63) is 29.8 Å². The summed E-state index contributed by atoms with van der Waals surface area (Å²) in [5, 5.41) is 0. The first-order valence-corrected chi connectivity index (χ1v) is 9.10. The maximum absolute atomic E-state index is 12.5. The summed E-state index contributed by atoms with van der Waals surface area (Å²) in [5.41, 5.74) is 1.08. The van der Waals surface area contributed by atoms with Gasteiger partial charge in [0.15, 0.2) is 9.84 Å². The predicted octanol–water partition coefficient (Wildman–Crippen LogP) is 3.03. The molecule has 2 atom stereocenters. The number of sulfone groups is 1. The van der Waals surface area contributed by atoms with Gasteiger partial charge in [0.2, 0.25) is 0 Å². The smallest absolute Gasteiger partial charge is 0.179 e. The van der Waals surface area contributed by atoms with Gasteiger partial charge in [-0.25, -0.2) is 8.42 Å². The number of likely N-dealkylation sites (tertiary alicyclic amines) is 1. The molecule has 2 rings (SSSR count). The molecule has 1 aromatic rings. The van der Waals surface area contributed by atoms with Gasteiger partial charge in [-0.05, 0) is 52.3 Å². The van der Waals surface area contributed by atoms with Crippen LogP contribution in [-0.2, 0) is 9.84 Å². The predicted molar refractivity (Wildman–Crippen MR) is 82.7 cm³/mol. The van der Waals surface area contributed by atoms with Crippen LogP contribution in [0.2, 0.25) is 0 Å². The Hall–Kier alpha value is -0.870. The van der Waals surface area contributed by atoms with E-state index in [0.717, 1.165) is 12.1 Å². The zero-order valence-electron chi connectivity index (χ0n) is 12.7. The van der Waals surface area contributed by atoms with E-state index in [4.69, 9.17) is 0 Å². The first-order valence-electron chi connectivity index (χ1n) is 7.45. The van der Waals surface area contributed by atoms with Crippen molar-refractivity contribution in [2.24, 2.45) is 0 Å². The van der Waals surface area contributed by atoms with Gasteiger partial charge in [-0.1, -0.05) is 24.1 Å². The molecule has 3 nitrogen and oxygen atoms in total. The first-order chi connectivity index (χ1) is 9.40. The Kier molecular flexibility index (Phi) is 4.86.